The monoisotopic (exact) mass is 346 g/mol. The summed E-state index contributed by atoms with van der Waals surface area (Å²) in [5.74, 6) is 2.01. The number of hydrogen-bond donors (Lipinski definition) is 2. The molecular formula is C17H22N4O2S. The van der Waals surface area contributed by atoms with Gasteiger partial charge in [0.15, 0.2) is 10.6 Å². The van der Waals surface area contributed by atoms with Gasteiger partial charge in [-0.15, -0.1) is 0 Å². The number of benzene rings is 1. The standard InChI is InChI=1S/C17H22N4O2S/c1-23-14-8-6-13(7-9-14)16-19-20-17(24)21(16)11-15(22)18-10-12-4-2-3-5-12/h6-9,12H,2-5,10-11H2,1H3,(H,18,22)(H,20,24). The highest BCUT2D eigenvalue weighted by Crippen LogP contribution is 2.24. The number of carbonyl (C=O) groups is 1. The summed E-state index contributed by atoms with van der Waals surface area (Å²) in [5, 5.41) is 10.0. The molecule has 3 rings (SSSR count). The van der Waals surface area contributed by atoms with Gasteiger partial charge in [-0.25, -0.2) is 0 Å². The van der Waals surface area contributed by atoms with Crippen LogP contribution < -0.4 is 10.1 Å². The van der Waals surface area contributed by atoms with Crippen molar-refractivity contribution < 1.29 is 9.53 Å². The van der Waals surface area contributed by atoms with Crippen molar-refractivity contribution in [2.24, 2.45) is 5.92 Å². The van der Waals surface area contributed by atoms with Gasteiger partial charge in [0.1, 0.15) is 12.3 Å². The van der Waals surface area contributed by atoms with Crippen LogP contribution in [0, 0.1) is 10.7 Å². The normalized spacial score (nSPS) is 14.7. The fourth-order valence-electron chi connectivity index (χ4n) is 3.10. The molecule has 2 N–H and O–H groups in total. The smallest absolute Gasteiger partial charge is 0.240 e. The molecule has 0 saturated heterocycles. The lowest BCUT2D eigenvalue weighted by Crippen LogP contribution is -2.31. The van der Waals surface area contributed by atoms with Crippen LogP contribution in [0.5, 0.6) is 5.75 Å². The van der Waals surface area contributed by atoms with Crippen molar-refractivity contribution in [3.05, 3.63) is 29.0 Å². The highest BCUT2D eigenvalue weighted by Gasteiger charge is 2.17. The zero-order valence-corrected chi connectivity index (χ0v) is 14.6. The van der Waals surface area contributed by atoms with E-state index in [1.807, 2.05) is 24.3 Å². The Bertz CT molecular complexity index is 745. The van der Waals surface area contributed by atoms with Crippen LogP contribution in [0.25, 0.3) is 11.4 Å². The molecule has 1 aliphatic rings. The molecule has 1 aromatic carbocycles. The highest BCUT2D eigenvalue weighted by molar-refractivity contribution is 7.71. The third-order valence-corrected chi connectivity index (χ3v) is 4.78. The first-order valence-electron chi connectivity index (χ1n) is 8.23. The van der Waals surface area contributed by atoms with Crippen molar-refractivity contribution in [1.29, 1.82) is 0 Å². The van der Waals surface area contributed by atoms with Gasteiger partial charge in [-0.3, -0.25) is 14.5 Å². The van der Waals surface area contributed by atoms with E-state index in [0.717, 1.165) is 17.9 Å². The molecule has 0 unspecified atom stereocenters. The molecule has 0 spiro atoms. The Balaban J connectivity index is 1.69. The number of methoxy groups -OCH3 is 1. The molecule has 1 saturated carbocycles. The summed E-state index contributed by atoms with van der Waals surface area (Å²) in [4.78, 5) is 12.3. The number of carbonyl (C=O) groups excluding carboxylic acids is 1. The second-order valence-electron chi connectivity index (χ2n) is 6.12. The van der Waals surface area contributed by atoms with Crippen molar-refractivity contribution >= 4 is 18.1 Å². The number of ether oxygens (including phenoxy) is 1. The molecule has 24 heavy (non-hydrogen) atoms. The molecule has 1 heterocycles. The zero-order valence-electron chi connectivity index (χ0n) is 13.7. The molecule has 0 atom stereocenters. The van der Waals surface area contributed by atoms with Crippen LogP contribution in [0.2, 0.25) is 0 Å². The van der Waals surface area contributed by atoms with Crippen molar-refractivity contribution in [2.75, 3.05) is 13.7 Å². The van der Waals surface area contributed by atoms with Gasteiger partial charge in [-0.05, 0) is 55.2 Å². The third-order valence-electron chi connectivity index (χ3n) is 4.47. The molecule has 0 radical (unpaired) electrons. The van der Waals surface area contributed by atoms with Crippen molar-refractivity contribution in [2.45, 2.75) is 32.2 Å². The first kappa shape index (κ1) is 16.7. The van der Waals surface area contributed by atoms with Crippen LogP contribution >= 0.6 is 12.2 Å². The van der Waals surface area contributed by atoms with E-state index < -0.39 is 0 Å². The molecule has 0 aliphatic heterocycles. The average Bonchev–Trinajstić information content (AvgIpc) is 3.24. The van der Waals surface area contributed by atoms with E-state index >= 15 is 0 Å². The van der Waals surface area contributed by atoms with E-state index in [0.29, 0.717) is 16.5 Å². The Hall–Kier alpha value is -2.15. The van der Waals surface area contributed by atoms with Crippen molar-refractivity contribution in [1.82, 2.24) is 20.1 Å². The predicted molar refractivity (Wildman–Crippen MR) is 94.4 cm³/mol. The molecule has 1 aromatic heterocycles. The maximum Gasteiger partial charge on any atom is 0.240 e. The minimum atomic E-state index is -0.0332. The van der Waals surface area contributed by atoms with E-state index in [2.05, 4.69) is 15.5 Å². The number of rotatable bonds is 6. The number of aromatic amines is 1. The summed E-state index contributed by atoms with van der Waals surface area (Å²) in [5.41, 5.74) is 0.881. The van der Waals surface area contributed by atoms with Gasteiger partial charge in [-0.1, -0.05) is 12.8 Å². The van der Waals surface area contributed by atoms with E-state index in [-0.39, 0.29) is 12.5 Å². The lowest BCUT2D eigenvalue weighted by Gasteiger charge is -2.12. The summed E-state index contributed by atoms with van der Waals surface area (Å²) in [7, 11) is 1.62. The highest BCUT2D eigenvalue weighted by atomic mass is 32.1. The van der Waals surface area contributed by atoms with E-state index in [4.69, 9.17) is 17.0 Å². The maximum atomic E-state index is 12.3. The SMILES string of the molecule is COc1ccc(-c2n[nH]c(=S)n2CC(=O)NCC2CCCC2)cc1. The number of hydrogen-bond acceptors (Lipinski definition) is 4. The van der Waals surface area contributed by atoms with Gasteiger partial charge in [0, 0.05) is 12.1 Å². The minimum absolute atomic E-state index is 0.0332. The summed E-state index contributed by atoms with van der Waals surface area (Å²) >= 11 is 5.27. The first-order chi connectivity index (χ1) is 11.7. The Morgan fingerprint density at radius 3 is 2.75 bits per heavy atom. The Morgan fingerprint density at radius 1 is 1.38 bits per heavy atom. The number of nitrogens with zero attached hydrogens (tertiary/aromatic N) is 2. The van der Waals surface area contributed by atoms with Crippen molar-refractivity contribution in [3.8, 4) is 17.1 Å². The van der Waals surface area contributed by atoms with Crippen LogP contribution in [0.1, 0.15) is 25.7 Å². The number of amides is 1. The fourth-order valence-corrected chi connectivity index (χ4v) is 3.29. The summed E-state index contributed by atoms with van der Waals surface area (Å²) in [6.45, 7) is 0.922. The predicted octanol–water partition coefficient (Wildman–Crippen LogP) is 2.92. The summed E-state index contributed by atoms with van der Waals surface area (Å²) in [6.07, 6.45) is 4.97. The topological polar surface area (TPSA) is 71.9 Å². The minimum Gasteiger partial charge on any atom is -0.497 e. The molecule has 0 bridgehead atoms. The largest absolute Gasteiger partial charge is 0.497 e. The molecular weight excluding hydrogens is 324 g/mol. The van der Waals surface area contributed by atoms with E-state index in [1.54, 1.807) is 11.7 Å². The van der Waals surface area contributed by atoms with E-state index in [1.165, 1.54) is 25.7 Å². The van der Waals surface area contributed by atoms with Crippen LogP contribution in [0.15, 0.2) is 24.3 Å². The van der Waals surface area contributed by atoms with Gasteiger partial charge in [0.05, 0.1) is 7.11 Å². The quantitative estimate of drug-likeness (QED) is 0.789. The summed E-state index contributed by atoms with van der Waals surface area (Å²) in [6, 6.07) is 7.52. The lowest BCUT2D eigenvalue weighted by molar-refractivity contribution is -0.121. The summed E-state index contributed by atoms with van der Waals surface area (Å²) < 4.78 is 7.33. The number of aromatic nitrogens is 3. The molecule has 128 valence electrons. The fraction of sp³-hybridized carbons (Fsp3) is 0.471. The number of H-pyrrole nitrogens is 1. The average molecular weight is 346 g/mol. The first-order valence-corrected chi connectivity index (χ1v) is 8.64. The lowest BCUT2D eigenvalue weighted by atomic mass is 10.1. The molecule has 6 nitrogen and oxygen atoms in total. The van der Waals surface area contributed by atoms with Crippen LogP contribution in [-0.2, 0) is 11.3 Å². The number of nitrogens with one attached hydrogen (secondary N) is 2. The van der Waals surface area contributed by atoms with Gasteiger partial charge in [0.2, 0.25) is 5.91 Å². The second kappa shape index (κ2) is 7.61. The Labute approximate surface area is 146 Å². The van der Waals surface area contributed by atoms with Crippen LogP contribution in [0.3, 0.4) is 0 Å². The Kier molecular flexibility index (Phi) is 5.30. The van der Waals surface area contributed by atoms with Gasteiger partial charge < -0.3 is 10.1 Å². The molecule has 1 amide bonds. The molecule has 1 fully saturated rings. The van der Waals surface area contributed by atoms with Gasteiger partial charge >= 0.3 is 0 Å². The van der Waals surface area contributed by atoms with E-state index in [9.17, 15) is 4.79 Å². The zero-order chi connectivity index (χ0) is 16.9. The second-order valence-corrected chi connectivity index (χ2v) is 6.51. The van der Waals surface area contributed by atoms with Crippen molar-refractivity contribution in [3.63, 3.8) is 0 Å². The maximum absolute atomic E-state index is 12.3. The Morgan fingerprint density at radius 2 is 2.08 bits per heavy atom. The van der Waals surface area contributed by atoms with Gasteiger partial charge in [-0.2, -0.15) is 5.10 Å². The molecule has 1 aliphatic carbocycles. The van der Waals surface area contributed by atoms with Crippen LogP contribution in [0.4, 0.5) is 0 Å². The van der Waals surface area contributed by atoms with Gasteiger partial charge in [0.25, 0.3) is 0 Å². The molecule has 2 aromatic rings. The molecule has 7 heteroatoms. The third kappa shape index (κ3) is 3.84. The van der Waals surface area contributed by atoms with Crippen LogP contribution in [-0.4, -0.2) is 34.3 Å².